The van der Waals surface area contributed by atoms with Crippen LogP contribution in [0, 0.1) is 0 Å². The molecule has 0 aliphatic heterocycles. The number of methoxy groups -OCH3 is 1. The fourth-order valence-electron chi connectivity index (χ4n) is 1.97. The molecule has 0 spiro atoms. The molecule has 0 aliphatic carbocycles. The molecule has 1 aromatic carbocycles. The molecule has 19 heavy (non-hydrogen) atoms. The molecule has 1 N–H and O–H groups in total. The number of carbonyl (C=O) groups is 1. The van der Waals surface area contributed by atoms with E-state index < -0.39 is 0 Å². The number of hydrogen-bond acceptors (Lipinski definition) is 3. The molecular weight excluding hydrogens is 238 g/mol. The Morgan fingerprint density at radius 1 is 1.05 bits per heavy atom. The van der Waals surface area contributed by atoms with Gasteiger partial charge in [-0.3, -0.25) is 4.79 Å². The lowest BCUT2D eigenvalue weighted by atomic mass is 10.1. The van der Waals surface area contributed by atoms with Crippen LogP contribution in [0.4, 0.5) is 0 Å². The summed E-state index contributed by atoms with van der Waals surface area (Å²) in [6.45, 7) is 2.05. The first kappa shape index (κ1) is 15.7. The molecule has 3 nitrogen and oxygen atoms in total. The van der Waals surface area contributed by atoms with Crippen LogP contribution in [0.2, 0.25) is 0 Å². The monoisotopic (exact) mass is 263 g/mol. The second-order valence-electron chi connectivity index (χ2n) is 4.73. The summed E-state index contributed by atoms with van der Waals surface area (Å²) >= 11 is 0. The minimum Gasteiger partial charge on any atom is -0.469 e. The van der Waals surface area contributed by atoms with Crippen LogP contribution >= 0.6 is 0 Å². The molecule has 0 aromatic heterocycles. The van der Waals surface area contributed by atoms with Crippen molar-refractivity contribution in [2.24, 2.45) is 0 Å². The Morgan fingerprint density at radius 3 is 2.42 bits per heavy atom. The molecule has 0 fully saturated rings. The first-order valence-electron chi connectivity index (χ1n) is 7.14. The van der Waals surface area contributed by atoms with Crippen LogP contribution in [0.3, 0.4) is 0 Å². The van der Waals surface area contributed by atoms with Gasteiger partial charge in [-0.15, -0.1) is 0 Å². The first-order chi connectivity index (χ1) is 9.33. The third kappa shape index (κ3) is 8.38. The van der Waals surface area contributed by atoms with Crippen LogP contribution in [0.25, 0.3) is 0 Å². The van der Waals surface area contributed by atoms with Crippen LogP contribution in [0.5, 0.6) is 0 Å². The van der Waals surface area contributed by atoms with E-state index in [1.54, 1.807) is 0 Å². The quantitative estimate of drug-likeness (QED) is 0.521. The Labute approximate surface area is 116 Å². The van der Waals surface area contributed by atoms with Gasteiger partial charge in [-0.05, 0) is 50.8 Å². The van der Waals surface area contributed by atoms with Gasteiger partial charge in [0.05, 0.1) is 7.11 Å². The normalized spacial score (nSPS) is 10.4. The van der Waals surface area contributed by atoms with Crippen molar-refractivity contribution in [3.05, 3.63) is 35.9 Å². The Hall–Kier alpha value is -1.35. The maximum absolute atomic E-state index is 10.9. The van der Waals surface area contributed by atoms with E-state index in [4.69, 9.17) is 0 Å². The highest BCUT2D eigenvalue weighted by atomic mass is 16.5. The predicted octanol–water partition coefficient (Wildman–Crippen LogP) is 2.94. The van der Waals surface area contributed by atoms with Crippen molar-refractivity contribution in [1.29, 1.82) is 0 Å². The van der Waals surface area contributed by atoms with E-state index in [1.165, 1.54) is 25.5 Å². The van der Waals surface area contributed by atoms with E-state index >= 15 is 0 Å². The Bertz CT molecular complexity index is 338. The Balaban J connectivity index is 1.85. The maximum Gasteiger partial charge on any atom is 0.305 e. The van der Waals surface area contributed by atoms with Crippen molar-refractivity contribution in [2.45, 2.75) is 38.5 Å². The number of ether oxygens (including phenoxy) is 1. The molecular formula is C16H25NO2. The number of hydrogen-bond donors (Lipinski definition) is 1. The number of aryl methyl sites for hydroxylation is 1. The molecule has 0 heterocycles. The molecule has 1 rings (SSSR count). The highest BCUT2D eigenvalue weighted by Crippen LogP contribution is 2.03. The van der Waals surface area contributed by atoms with E-state index in [2.05, 4.69) is 40.4 Å². The topological polar surface area (TPSA) is 38.3 Å². The van der Waals surface area contributed by atoms with Gasteiger partial charge in [0.15, 0.2) is 0 Å². The number of nitrogens with one attached hydrogen (secondary N) is 1. The zero-order valence-corrected chi connectivity index (χ0v) is 11.9. The lowest BCUT2D eigenvalue weighted by Gasteiger charge is -2.05. The van der Waals surface area contributed by atoms with Gasteiger partial charge in [-0.1, -0.05) is 30.3 Å². The molecule has 0 saturated heterocycles. The van der Waals surface area contributed by atoms with Crippen molar-refractivity contribution in [3.63, 3.8) is 0 Å². The van der Waals surface area contributed by atoms with Gasteiger partial charge in [0, 0.05) is 6.42 Å². The minimum atomic E-state index is -0.108. The fraction of sp³-hybridized carbons (Fsp3) is 0.562. The van der Waals surface area contributed by atoms with Gasteiger partial charge < -0.3 is 10.1 Å². The highest BCUT2D eigenvalue weighted by Gasteiger charge is 1.98. The van der Waals surface area contributed by atoms with Gasteiger partial charge in [-0.25, -0.2) is 0 Å². The molecule has 0 unspecified atom stereocenters. The summed E-state index contributed by atoms with van der Waals surface area (Å²) in [5, 5.41) is 3.41. The van der Waals surface area contributed by atoms with E-state index in [0.717, 1.165) is 32.4 Å². The number of benzene rings is 1. The molecule has 0 aliphatic rings. The molecule has 106 valence electrons. The second kappa shape index (κ2) is 10.6. The third-order valence-corrected chi connectivity index (χ3v) is 3.12. The van der Waals surface area contributed by atoms with Crippen LogP contribution < -0.4 is 5.32 Å². The summed E-state index contributed by atoms with van der Waals surface area (Å²) in [6, 6.07) is 10.6. The third-order valence-electron chi connectivity index (χ3n) is 3.12. The highest BCUT2D eigenvalue weighted by molar-refractivity contribution is 5.68. The molecule has 0 bridgehead atoms. The van der Waals surface area contributed by atoms with E-state index in [-0.39, 0.29) is 5.97 Å². The van der Waals surface area contributed by atoms with Crippen molar-refractivity contribution in [3.8, 4) is 0 Å². The summed E-state index contributed by atoms with van der Waals surface area (Å²) < 4.78 is 4.59. The largest absolute Gasteiger partial charge is 0.469 e. The lowest BCUT2D eigenvalue weighted by Crippen LogP contribution is -2.17. The smallest absolute Gasteiger partial charge is 0.305 e. The molecule has 0 saturated carbocycles. The van der Waals surface area contributed by atoms with Crippen LogP contribution in [0.1, 0.15) is 37.7 Å². The van der Waals surface area contributed by atoms with Gasteiger partial charge in [0.1, 0.15) is 0 Å². The summed E-state index contributed by atoms with van der Waals surface area (Å²) in [5.74, 6) is -0.108. The number of carbonyl (C=O) groups excluding carboxylic acids is 1. The molecule has 3 heteroatoms. The van der Waals surface area contributed by atoms with Crippen LogP contribution in [-0.4, -0.2) is 26.2 Å². The SMILES string of the molecule is COC(=O)CCCCNCCCCc1ccccc1. The van der Waals surface area contributed by atoms with Gasteiger partial charge in [-0.2, -0.15) is 0 Å². The second-order valence-corrected chi connectivity index (χ2v) is 4.73. The Morgan fingerprint density at radius 2 is 1.74 bits per heavy atom. The fourth-order valence-corrected chi connectivity index (χ4v) is 1.97. The molecule has 0 radical (unpaired) electrons. The van der Waals surface area contributed by atoms with E-state index in [0.29, 0.717) is 6.42 Å². The zero-order valence-electron chi connectivity index (χ0n) is 11.9. The zero-order chi connectivity index (χ0) is 13.8. The van der Waals surface area contributed by atoms with Crippen molar-refractivity contribution in [1.82, 2.24) is 5.32 Å². The van der Waals surface area contributed by atoms with E-state index in [9.17, 15) is 4.79 Å². The van der Waals surface area contributed by atoms with Gasteiger partial charge in [0.25, 0.3) is 0 Å². The van der Waals surface area contributed by atoms with Gasteiger partial charge in [0.2, 0.25) is 0 Å². The summed E-state index contributed by atoms with van der Waals surface area (Å²) in [5.41, 5.74) is 1.42. The summed E-state index contributed by atoms with van der Waals surface area (Å²) in [7, 11) is 1.44. The number of esters is 1. The average molecular weight is 263 g/mol. The van der Waals surface area contributed by atoms with Crippen LogP contribution in [-0.2, 0) is 16.0 Å². The van der Waals surface area contributed by atoms with Crippen molar-refractivity contribution in [2.75, 3.05) is 20.2 Å². The van der Waals surface area contributed by atoms with Crippen LogP contribution in [0.15, 0.2) is 30.3 Å². The predicted molar refractivity (Wildman–Crippen MR) is 78.1 cm³/mol. The maximum atomic E-state index is 10.9. The lowest BCUT2D eigenvalue weighted by molar-refractivity contribution is -0.140. The van der Waals surface area contributed by atoms with Crippen molar-refractivity contribution < 1.29 is 9.53 Å². The standard InChI is InChI=1S/C16H25NO2/c1-19-16(18)12-6-8-14-17-13-7-5-11-15-9-3-2-4-10-15/h2-4,9-10,17H,5-8,11-14H2,1H3. The average Bonchev–Trinajstić information content (AvgIpc) is 2.46. The number of unbranched alkanes of at least 4 members (excludes halogenated alkanes) is 2. The first-order valence-corrected chi connectivity index (χ1v) is 7.14. The molecule has 0 atom stereocenters. The molecule has 0 amide bonds. The van der Waals surface area contributed by atoms with E-state index in [1.807, 2.05) is 0 Å². The summed E-state index contributed by atoms with van der Waals surface area (Å²) in [4.78, 5) is 10.9. The number of rotatable bonds is 10. The minimum absolute atomic E-state index is 0.108. The summed E-state index contributed by atoms with van der Waals surface area (Å²) in [6.07, 6.45) is 6.06. The van der Waals surface area contributed by atoms with Gasteiger partial charge >= 0.3 is 5.97 Å². The Kier molecular flexibility index (Phi) is 8.73. The molecule has 1 aromatic rings. The van der Waals surface area contributed by atoms with Crippen molar-refractivity contribution >= 4 is 5.97 Å².